The molecule has 9 unspecified atom stereocenters. The lowest BCUT2D eigenvalue weighted by Crippen LogP contribution is -2.61. The van der Waals surface area contributed by atoms with E-state index in [1.807, 2.05) is 26.0 Å². The van der Waals surface area contributed by atoms with Crippen LogP contribution in [0.2, 0.25) is 0 Å². The first-order valence-electron chi connectivity index (χ1n) is 19.2. The smallest absolute Gasteiger partial charge is 0.311 e. The fourth-order valence-electron chi connectivity index (χ4n) is 6.89. The van der Waals surface area contributed by atoms with Gasteiger partial charge in [0.1, 0.15) is 23.9 Å². The van der Waals surface area contributed by atoms with Gasteiger partial charge in [-0.05, 0) is 25.7 Å². The molecule has 15 nitrogen and oxygen atoms in total. The Balaban J connectivity index is 1.88. The highest BCUT2D eigenvalue weighted by Gasteiger charge is 2.50. The number of ketones is 1. The summed E-state index contributed by atoms with van der Waals surface area (Å²) in [5.74, 6) is -5.93. The lowest BCUT2D eigenvalue weighted by atomic mass is 9.83. The minimum absolute atomic E-state index is 0.0218. The summed E-state index contributed by atoms with van der Waals surface area (Å²) >= 11 is 0. The number of esters is 1. The third-order valence-corrected chi connectivity index (χ3v) is 10.3. The van der Waals surface area contributed by atoms with Gasteiger partial charge >= 0.3 is 11.9 Å². The highest BCUT2D eigenvalue weighted by atomic mass is 16.7. The Hall–Kier alpha value is -3.09. The van der Waals surface area contributed by atoms with E-state index in [-0.39, 0.29) is 50.2 Å². The van der Waals surface area contributed by atoms with Crippen molar-refractivity contribution in [1.29, 1.82) is 0 Å². The SMILES string of the molecule is CCC(C)C1C/C=C/C=C/C=C\C=C\C=C/C(O[C@@H]2O[C@H](C)[C@@H](O)[C@H](N)[C@@H]2O)CC2OC(O)(CC(O)CCCC(=O)CC(O)CC(=O)O1)CC(O)C2C(=O)O. The topological polar surface area (TPSA) is 256 Å². The normalized spacial score (nSPS) is 41.7. The highest BCUT2D eigenvalue weighted by Crippen LogP contribution is 2.38. The molecule has 9 N–H and O–H groups in total. The maximum absolute atomic E-state index is 12.6. The first-order chi connectivity index (χ1) is 26.0. The highest BCUT2D eigenvalue weighted by molar-refractivity contribution is 5.80. The second kappa shape index (κ2) is 22.6. The number of allylic oxidation sites excluding steroid dienone is 8. The number of rotatable bonds is 5. The standard InChI is InChI=1S/C40H61NO14/c1-4-24(2)31-18-13-11-9-7-5-6-8-10-12-17-29(53-39-37(48)35(41)36(47)25(3)52-39)21-32-34(38(49)50)30(45)23-40(51,55-32)22-27(43)16-14-15-26(42)19-28(44)20-33(46)54-31/h5-13,17,24-25,27-32,34-37,39,43-45,47-48,51H,4,14-16,18-23,41H2,1-3H3,(H,49,50)/b6-5-,9-7+,10-8+,13-11+,17-12-/t24?,25-,27?,28?,29?,30?,31?,32?,34?,35+,36-,37+,39+,40?/m1/s1. The van der Waals surface area contributed by atoms with E-state index in [1.165, 1.54) is 0 Å². The second-order valence-corrected chi connectivity index (χ2v) is 14.9. The number of nitrogens with two attached hydrogens (primary N) is 1. The zero-order valence-corrected chi connectivity index (χ0v) is 31.9. The summed E-state index contributed by atoms with van der Waals surface area (Å²) in [6.07, 6.45) is 5.42. The van der Waals surface area contributed by atoms with Crippen LogP contribution in [0.25, 0.3) is 0 Å². The summed E-state index contributed by atoms with van der Waals surface area (Å²) in [6.45, 7) is 5.51. The molecule has 14 atom stereocenters. The zero-order valence-electron chi connectivity index (χ0n) is 31.9. The van der Waals surface area contributed by atoms with Crippen LogP contribution >= 0.6 is 0 Å². The number of carbonyl (C=O) groups excluding carboxylic acids is 2. The largest absolute Gasteiger partial charge is 0.481 e. The molecule has 3 aliphatic rings. The van der Waals surface area contributed by atoms with Gasteiger partial charge < -0.3 is 60.4 Å². The summed E-state index contributed by atoms with van der Waals surface area (Å²) in [5, 5.41) is 74.7. The molecule has 310 valence electrons. The van der Waals surface area contributed by atoms with Crippen molar-refractivity contribution >= 4 is 17.7 Å². The van der Waals surface area contributed by atoms with E-state index in [0.29, 0.717) is 6.42 Å². The Kier molecular flexibility index (Phi) is 19.0. The molecule has 0 saturated carbocycles. The molecule has 3 rings (SSSR count). The molecule has 0 aromatic rings. The monoisotopic (exact) mass is 779 g/mol. The molecule has 0 aliphatic carbocycles. The number of aliphatic hydroxyl groups is 6. The summed E-state index contributed by atoms with van der Waals surface area (Å²) < 4.78 is 23.3. The first kappa shape index (κ1) is 46.3. The van der Waals surface area contributed by atoms with Gasteiger partial charge in [0, 0.05) is 38.5 Å². The lowest BCUT2D eigenvalue weighted by Gasteiger charge is -2.45. The Morgan fingerprint density at radius 3 is 2.27 bits per heavy atom. The number of Topliss-reactive ketones (excluding diaryl/α,β-unsaturated/α-hetero) is 1. The number of aliphatic hydroxyl groups excluding tert-OH is 5. The maximum atomic E-state index is 12.6. The third kappa shape index (κ3) is 15.1. The number of aliphatic carboxylic acids is 1. The molecule has 0 spiro atoms. The van der Waals surface area contributed by atoms with Crippen molar-refractivity contribution in [3.05, 3.63) is 60.8 Å². The number of cyclic esters (lactones) is 1. The zero-order chi connectivity index (χ0) is 40.7. The number of fused-ring (bicyclic) bond motifs is 2. The van der Waals surface area contributed by atoms with Crippen molar-refractivity contribution in [2.24, 2.45) is 17.6 Å². The quantitative estimate of drug-likeness (QED) is 0.185. The second-order valence-electron chi connectivity index (χ2n) is 14.9. The lowest BCUT2D eigenvalue weighted by molar-refractivity contribution is -0.308. The minimum atomic E-state index is -2.16. The Labute approximate surface area is 322 Å². The van der Waals surface area contributed by atoms with Crippen molar-refractivity contribution in [1.82, 2.24) is 0 Å². The van der Waals surface area contributed by atoms with Gasteiger partial charge in [-0.2, -0.15) is 0 Å². The van der Waals surface area contributed by atoms with E-state index in [0.717, 1.165) is 6.42 Å². The number of carbonyl (C=O) groups is 3. The molecule has 0 radical (unpaired) electrons. The summed E-state index contributed by atoms with van der Waals surface area (Å²) in [6, 6.07) is -1.10. The van der Waals surface area contributed by atoms with Crippen LogP contribution in [0.1, 0.15) is 85.0 Å². The van der Waals surface area contributed by atoms with Gasteiger partial charge in [0.05, 0.1) is 55.2 Å². The molecule has 2 saturated heterocycles. The Bertz CT molecular complexity index is 1380. The van der Waals surface area contributed by atoms with E-state index in [1.54, 1.807) is 55.5 Å². The van der Waals surface area contributed by atoms with Crippen LogP contribution in [0.5, 0.6) is 0 Å². The van der Waals surface area contributed by atoms with E-state index >= 15 is 0 Å². The average Bonchev–Trinajstić information content (AvgIpc) is 3.09. The fraction of sp³-hybridized carbons (Fsp3) is 0.675. The average molecular weight is 780 g/mol. The van der Waals surface area contributed by atoms with Gasteiger partial charge in [-0.25, -0.2) is 0 Å². The molecule has 2 fully saturated rings. The molecule has 3 aliphatic heterocycles. The van der Waals surface area contributed by atoms with Gasteiger partial charge in [0.25, 0.3) is 0 Å². The van der Waals surface area contributed by atoms with Crippen molar-refractivity contribution in [3.8, 4) is 0 Å². The van der Waals surface area contributed by atoms with Crippen molar-refractivity contribution in [3.63, 3.8) is 0 Å². The van der Waals surface area contributed by atoms with Crippen LogP contribution in [0, 0.1) is 11.8 Å². The molecular formula is C40H61NO14. The van der Waals surface area contributed by atoms with Gasteiger partial charge in [0.15, 0.2) is 12.1 Å². The predicted octanol–water partition coefficient (Wildman–Crippen LogP) is 1.87. The number of ether oxygens (including phenoxy) is 4. The van der Waals surface area contributed by atoms with Crippen LogP contribution in [0.4, 0.5) is 0 Å². The third-order valence-electron chi connectivity index (χ3n) is 10.3. The maximum Gasteiger partial charge on any atom is 0.311 e. The van der Waals surface area contributed by atoms with E-state index in [2.05, 4.69) is 0 Å². The fourth-order valence-corrected chi connectivity index (χ4v) is 6.89. The van der Waals surface area contributed by atoms with Crippen LogP contribution in [-0.4, -0.2) is 127 Å². The van der Waals surface area contributed by atoms with E-state index in [4.69, 9.17) is 24.7 Å². The molecule has 55 heavy (non-hydrogen) atoms. The number of carboxylic acid groups (broad SMARTS) is 1. The molecule has 0 aromatic heterocycles. The van der Waals surface area contributed by atoms with E-state index < -0.39 is 104 Å². The van der Waals surface area contributed by atoms with Crippen LogP contribution in [0.3, 0.4) is 0 Å². The molecular weight excluding hydrogens is 718 g/mol. The molecule has 2 bridgehead atoms. The van der Waals surface area contributed by atoms with Crippen molar-refractivity contribution in [2.75, 3.05) is 0 Å². The van der Waals surface area contributed by atoms with Gasteiger partial charge in [-0.1, -0.05) is 81.0 Å². The van der Waals surface area contributed by atoms with Gasteiger partial charge in [0.2, 0.25) is 0 Å². The Morgan fingerprint density at radius 2 is 1.62 bits per heavy atom. The van der Waals surface area contributed by atoms with Crippen molar-refractivity contribution < 1.29 is 69.1 Å². The number of hydrogen-bond acceptors (Lipinski definition) is 14. The number of carboxylic acids is 1. The number of hydrogen-bond donors (Lipinski definition) is 8. The summed E-state index contributed by atoms with van der Waals surface area (Å²) in [5.41, 5.74) is 6.00. The van der Waals surface area contributed by atoms with Crippen LogP contribution in [-0.2, 0) is 33.3 Å². The molecule has 3 heterocycles. The molecule has 15 heteroatoms. The Morgan fingerprint density at radius 1 is 0.964 bits per heavy atom. The van der Waals surface area contributed by atoms with Crippen LogP contribution < -0.4 is 5.73 Å². The van der Waals surface area contributed by atoms with Gasteiger partial charge in [-0.3, -0.25) is 14.4 Å². The molecule has 0 amide bonds. The van der Waals surface area contributed by atoms with E-state index in [9.17, 15) is 50.1 Å². The van der Waals surface area contributed by atoms with Gasteiger partial charge in [-0.15, -0.1) is 0 Å². The summed E-state index contributed by atoms with van der Waals surface area (Å²) in [7, 11) is 0. The molecule has 0 aromatic carbocycles. The van der Waals surface area contributed by atoms with Crippen LogP contribution in [0.15, 0.2) is 60.8 Å². The first-order valence-corrected chi connectivity index (χ1v) is 19.2. The minimum Gasteiger partial charge on any atom is -0.481 e. The van der Waals surface area contributed by atoms with Crippen molar-refractivity contribution in [2.45, 2.75) is 158 Å². The summed E-state index contributed by atoms with van der Waals surface area (Å²) in [4.78, 5) is 37.6. The predicted molar refractivity (Wildman–Crippen MR) is 200 cm³/mol.